The number of ether oxygens (including phenoxy) is 1. The molecule has 0 atom stereocenters. The first-order valence-corrected chi connectivity index (χ1v) is 11.7. The van der Waals surface area contributed by atoms with Crippen LogP contribution >= 0.6 is 0 Å². The van der Waals surface area contributed by atoms with Crippen LogP contribution in [0.2, 0.25) is 0 Å². The Morgan fingerprint density at radius 3 is 2.84 bits per heavy atom. The molecule has 1 aromatic carbocycles. The van der Waals surface area contributed by atoms with Crippen molar-refractivity contribution < 1.29 is 13.9 Å². The van der Waals surface area contributed by atoms with Crippen molar-refractivity contribution in [3.8, 4) is 0 Å². The summed E-state index contributed by atoms with van der Waals surface area (Å²) >= 11 is 0. The number of hydrogen-bond acceptors (Lipinski definition) is 5. The zero-order valence-electron chi connectivity index (χ0n) is 19.0. The van der Waals surface area contributed by atoms with Crippen LogP contribution in [0.25, 0.3) is 10.9 Å². The predicted molar refractivity (Wildman–Crippen MR) is 122 cm³/mol. The lowest BCUT2D eigenvalue weighted by molar-refractivity contribution is 0.0697. The van der Waals surface area contributed by atoms with Crippen molar-refractivity contribution in [3.05, 3.63) is 53.4 Å². The van der Waals surface area contributed by atoms with Crippen molar-refractivity contribution in [1.82, 2.24) is 19.4 Å². The van der Waals surface area contributed by atoms with Gasteiger partial charge in [0.15, 0.2) is 0 Å². The van der Waals surface area contributed by atoms with Crippen LogP contribution in [-0.2, 0) is 30.8 Å². The Morgan fingerprint density at radius 2 is 2.09 bits per heavy atom. The van der Waals surface area contributed by atoms with Gasteiger partial charge in [0.05, 0.1) is 19.3 Å². The maximum absolute atomic E-state index is 13.2. The minimum Gasteiger partial charge on any atom is -0.448 e. The van der Waals surface area contributed by atoms with Gasteiger partial charge in [0.2, 0.25) is 5.89 Å². The summed E-state index contributed by atoms with van der Waals surface area (Å²) < 4.78 is 13.2. The maximum atomic E-state index is 13.2. The van der Waals surface area contributed by atoms with Crippen molar-refractivity contribution in [1.29, 1.82) is 0 Å². The summed E-state index contributed by atoms with van der Waals surface area (Å²) in [6.45, 7) is 7.95. The second kappa shape index (κ2) is 9.08. The highest BCUT2D eigenvalue weighted by molar-refractivity contribution is 5.99. The van der Waals surface area contributed by atoms with Gasteiger partial charge in [-0.15, -0.1) is 0 Å². The molecule has 0 bridgehead atoms. The SMILES string of the molecule is COCCn1c2c(c3cc(C(=O)N4CCC(C)CC4)ccc31)CN(Cc1ncco1)CC2. The van der Waals surface area contributed by atoms with Gasteiger partial charge in [-0.2, -0.15) is 0 Å². The normalized spacial score (nSPS) is 17.8. The number of benzene rings is 1. The quantitative estimate of drug-likeness (QED) is 0.590. The fraction of sp³-hybridized carbons (Fsp3) is 0.520. The summed E-state index contributed by atoms with van der Waals surface area (Å²) in [5.41, 5.74) is 4.66. The Hall–Kier alpha value is -2.64. The minimum atomic E-state index is 0.157. The smallest absolute Gasteiger partial charge is 0.253 e. The van der Waals surface area contributed by atoms with E-state index < -0.39 is 0 Å². The first kappa shape index (κ1) is 21.2. The van der Waals surface area contributed by atoms with Gasteiger partial charge in [0.1, 0.15) is 6.26 Å². The van der Waals surface area contributed by atoms with E-state index in [1.807, 2.05) is 11.0 Å². The second-order valence-electron chi connectivity index (χ2n) is 9.16. The first-order chi connectivity index (χ1) is 15.6. The Morgan fingerprint density at radius 1 is 1.25 bits per heavy atom. The lowest BCUT2D eigenvalue weighted by Gasteiger charge is -2.30. The Labute approximate surface area is 188 Å². The van der Waals surface area contributed by atoms with Crippen LogP contribution in [0.5, 0.6) is 0 Å². The maximum Gasteiger partial charge on any atom is 0.253 e. The van der Waals surface area contributed by atoms with Gasteiger partial charge in [-0.1, -0.05) is 6.92 Å². The molecule has 7 heteroatoms. The predicted octanol–water partition coefficient (Wildman–Crippen LogP) is 3.71. The molecule has 0 spiro atoms. The minimum absolute atomic E-state index is 0.157. The van der Waals surface area contributed by atoms with Crippen LogP contribution in [0.3, 0.4) is 0 Å². The van der Waals surface area contributed by atoms with Crippen LogP contribution in [-0.4, -0.2) is 58.6 Å². The van der Waals surface area contributed by atoms with E-state index in [4.69, 9.17) is 9.15 Å². The number of piperidine rings is 1. The monoisotopic (exact) mass is 436 g/mol. The molecule has 1 fully saturated rings. The highest BCUT2D eigenvalue weighted by Crippen LogP contribution is 2.33. The number of likely N-dealkylation sites (tertiary alicyclic amines) is 1. The van der Waals surface area contributed by atoms with Gasteiger partial charge >= 0.3 is 0 Å². The topological polar surface area (TPSA) is 63.7 Å². The number of amides is 1. The van der Waals surface area contributed by atoms with E-state index >= 15 is 0 Å². The largest absolute Gasteiger partial charge is 0.448 e. The van der Waals surface area contributed by atoms with Crippen LogP contribution in [0, 0.1) is 5.92 Å². The molecule has 7 nitrogen and oxygen atoms in total. The molecule has 4 heterocycles. The van der Waals surface area contributed by atoms with E-state index in [-0.39, 0.29) is 5.91 Å². The molecule has 3 aromatic rings. The molecule has 2 aliphatic rings. The summed E-state index contributed by atoms with van der Waals surface area (Å²) in [5.74, 6) is 1.61. The van der Waals surface area contributed by atoms with Gasteiger partial charge in [-0.25, -0.2) is 4.98 Å². The standard InChI is InChI=1S/C25H32N4O3/c1-18-5-10-28(11-6-18)25(30)19-3-4-22-20(15-19)21-16-27(17-24-26-8-13-32-24)9-7-23(21)29(22)12-14-31-2/h3-4,8,13,15,18H,5-7,9-12,14,16-17H2,1-2H3. The molecular formula is C25H32N4O3. The van der Waals surface area contributed by atoms with E-state index in [1.165, 1.54) is 22.2 Å². The van der Waals surface area contributed by atoms with Crippen LogP contribution in [0.4, 0.5) is 0 Å². The van der Waals surface area contributed by atoms with E-state index in [0.717, 1.165) is 63.4 Å². The van der Waals surface area contributed by atoms with Crippen LogP contribution in [0.15, 0.2) is 35.1 Å². The molecule has 1 saturated heterocycles. The molecule has 2 aliphatic heterocycles. The number of carbonyl (C=O) groups is 1. The Bertz CT molecular complexity index is 1080. The van der Waals surface area contributed by atoms with E-state index in [1.54, 1.807) is 19.6 Å². The average Bonchev–Trinajstić information content (AvgIpc) is 3.43. The fourth-order valence-electron chi connectivity index (χ4n) is 5.13. The van der Waals surface area contributed by atoms with Gasteiger partial charge in [0.25, 0.3) is 5.91 Å². The number of oxazole rings is 1. The summed E-state index contributed by atoms with van der Waals surface area (Å²) in [7, 11) is 1.74. The summed E-state index contributed by atoms with van der Waals surface area (Å²) in [6.07, 6.45) is 6.46. The molecule has 32 heavy (non-hydrogen) atoms. The Kier molecular flexibility index (Phi) is 6.02. The zero-order chi connectivity index (χ0) is 22.1. The number of fused-ring (bicyclic) bond motifs is 3. The van der Waals surface area contributed by atoms with Gasteiger partial charge in [-0.3, -0.25) is 9.69 Å². The molecule has 2 aromatic heterocycles. The van der Waals surface area contributed by atoms with Crippen LogP contribution < -0.4 is 0 Å². The molecule has 0 aliphatic carbocycles. The lowest BCUT2D eigenvalue weighted by atomic mass is 9.98. The van der Waals surface area contributed by atoms with Crippen molar-refractivity contribution in [2.45, 2.75) is 45.8 Å². The van der Waals surface area contributed by atoms with Gasteiger partial charge < -0.3 is 18.6 Å². The van der Waals surface area contributed by atoms with Crippen molar-refractivity contribution >= 4 is 16.8 Å². The first-order valence-electron chi connectivity index (χ1n) is 11.7. The molecule has 0 N–H and O–H groups in total. The number of methoxy groups -OCH3 is 1. The van der Waals surface area contributed by atoms with E-state index in [9.17, 15) is 4.79 Å². The molecule has 0 unspecified atom stereocenters. The molecular weight excluding hydrogens is 404 g/mol. The number of carbonyl (C=O) groups excluding carboxylic acids is 1. The lowest BCUT2D eigenvalue weighted by Crippen LogP contribution is -2.37. The third-order valence-corrected chi connectivity index (χ3v) is 7.01. The second-order valence-corrected chi connectivity index (χ2v) is 9.16. The third-order valence-electron chi connectivity index (χ3n) is 7.01. The number of hydrogen-bond donors (Lipinski definition) is 0. The molecule has 1 amide bonds. The van der Waals surface area contributed by atoms with Crippen molar-refractivity contribution in [2.24, 2.45) is 5.92 Å². The Balaban J connectivity index is 1.47. The summed E-state index contributed by atoms with van der Waals surface area (Å²) in [6, 6.07) is 6.25. The van der Waals surface area contributed by atoms with Crippen molar-refractivity contribution in [3.63, 3.8) is 0 Å². The third kappa shape index (κ3) is 4.07. The summed E-state index contributed by atoms with van der Waals surface area (Å²) in [5, 5.41) is 1.18. The number of rotatable bonds is 6. The molecule has 0 radical (unpaired) electrons. The van der Waals surface area contributed by atoms with Gasteiger partial charge in [0, 0.05) is 68.4 Å². The molecule has 0 saturated carbocycles. The molecule has 170 valence electrons. The zero-order valence-corrected chi connectivity index (χ0v) is 19.0. The average molecular weight is 437 g/mol. The highest BCUT2D eigenvalue weighted by Gasteiger charge is 2.27. The van der Waals surface area contributed by atoms with E-state index in [2.05, 4.69) is 33.5 Å². The van der Waals surface area contributed by atoms with E-state index in [0.29, 0.717) is 19.1 Å². The fourth-order valence-corrected chi connectivity index (χ4v) is 5.13. The van der Waals surface area contributed by atoms with Gasteiger partial charge in [-0.05, 0) is 42.5 Å². The van der Waals surface area contributed by atoms with Crippen LogP contribution in [0.1, 0.15) is 47.3 Å². The highest BCUT2D eigenvalue weighted by atomic mass is 16.5. The van der Waals surface area contributed by atoms with Crippen molar-refractivity contribution in [2.75, 3.05) is 33.4 Å². The number of nitrogens with zero attached hydrogens (tertiary/aromatic N) is 4. The molecule has 5 rings (SSSR count). The number of aromatic nitrogens is 2. The summed E-state index contributed by atoms with van der Waals surface area (Å²) in [4.78, 5) is 21.9.